The van der Waals surface area contributed by atoms with Crippen molar-refractivity contribution in [3.63, 3.8) is 0 Å². The zero-order valence-corrected chi connectivity index (χ0v) is 10.6. The second-order valence-corrected chi connectivity index (χ2v) is 4.97. The van der Waals surface area contributed by atoms with Crippen molar-refractivity contribution in [2.45, 2.75) is 53.0 Å². The fourth-order valence-electron chi connectivity index (χ4n) is 1.89. The quantitative estimate of drug-likeness (QED) is 0.729. The van der Waals surface area contributed by atoms with Crippen molar-refractivity contribution in [1.29, 1.82) is 0 Å². The molecule has 1 N–H and O–H groups in total. The first-order valence-corrected chi connectivity index (χ1v) is 6.18. The van der Waals surface area contributed by atoms with E-state index in [-0.39, 0.29) is 5.41 Å². The second-order valence-electron chi connectivity index (χ2n) is 4.97. The van der Waals surface area contributed by atoms with Crippen LogP contribution in [0.15, 0.2) is 11.8 Å². The zero-order valence-electron chi connectivity index (χ0n) is 10.6. The Balaban J connectivity index is 2.68. The predicted octanol–water partition coefficient (Wildman–Crippen LogP) is 3.10. The minimum atomic E-state index is 0.269. The number of hydrogen-bond donors (Lipinski definition) is 1. The monoisotopic (exact) mass is 211 g/mol. The van der Waals surface area contributed by atoms with Crippen LogP contribution in [0.1, 0.15) is 47.0 Å². The van der Waals surface area contributed by atoms with Crippen molar-refractivity contribution in [3.8, 4) is 0 Å². The predicted molar refractivity (Wildman–Crippen MR) is 64.8 cm³/mol. The van der Waals surface area contributed by atoms with Gasteiger partial charge in [-0.2, -0.15) is 0 Å². The van der Waals surface area contributed by atoms with Gasteiger partial charge in [0, 0.05) is 6.42 Å². The molecular formula is C13H25NO. The molecule has 88 valence electrons. The van der Waals surface area contributed by atoms with Gasteiger partial charge >= 0.3 is 0 Å². The Morgan fingerprint density at radius 2 is 2.20 bits per heavy atom. The van der Waals surface area contributed by atoms with E-state index in [1.54, 1.807) is 0 Å². The molecule has 0 radical (unpaired) electrons. The molecule has 0 aromatic carbocycles. The van der Waals surface area contributed by atoms with Crippen LogP contribution in [0, 0.1) is 5.41 Å². The normalized spacial score (nSPS) is 18.5. The van der Waals surface area contributed by atoms with Crippen LogP contribution in [0.5, 0.6) is 0 Å². The summed E-state index contributed by atoms with van der Waals surface area (Å²) >= 11 is 0. The third-order valence-electron chi connectivity index (χ3n) is 3.31. The number of nitrogens with one attached hydrogen (secondary N) is 1. The fraction of sp³-hybridized carbons (Fsp3) is 0.846. The van der Waals surface area contributed by atoms with Gasteiger partial charge in [-0.1, -0.05) is 27.7 Å². The first-order chi connectivity index (χ1) is 7.11. The third kappa shape index (κ3) is 3.23. The van der Waals surface area contributed by atoms with E-state index in [0.29, 0.717) is 6.04 Å². The van der Waals surface area contributed by atoms with E-state index in [1.165, 1.54) is 6.42 Å². The summed E-state index contributed by atoms with van der Waals surface area (Å²) in [5.74, 6) is 1.16. The lowest BCUT2D eigenvalue weighted by atomic mass is 9.80. The molecule has 2 nitrogen and oxygen atoms in total. The van der Waals surface area contributed by atoms with Crippen LogP contribution in [0.4, 0.5) is 0 Å². The van der Waals surface area contributed by atoms with E-state index in [0.717, 1.165) is 31.8 Å². The molecule has 0 bridgehead atoms. The molecular weight excluding hydrogens is 186 g/mol. The fourth-order valence-corrected chi connectivity index (χ4v) is 1.89. The van der Waals surface area contributed by atoms with Crippen LogP contribution >= 0.6 is 0 Å². The summed E-state index contributed by atoms with van der Waals surface area (Å²) in [5, 5.41) is 3.61. The van der Waals surface area contributed by atoms with Gasteiger partial charge < -0.3 is 10.1 Å². The van der Waals surface area contributed by atoms with E-state index < -0.39 is 0 Å². The lowest BCUT2D eigenvalue weighted by molar-refractivity contribution is 0.154. The SMILES string of the molecule is CCCNC(C1=CCCO1)C(C)(C)CC. The van der Waals surface area contributed by atoms with Crippen LogP contribution in [0.3, 0.4) is 0 Å². The molecule has 2 heteroatoms. The smallest absolute Gasteiger partial charge is 0.110 e. The van der Waals surface area contributed by atoms with Gasteiger partial charge in [0.2, 0.25) is 0 Å². The standard InChI is InChI=1S/C13H25NO/c1-5-9-14-12(13(3,4)6-2)11-8-7-10-15-11/h8,12,14H,5-7,9-10H2,1-4H3. The van der Waals surface area contributed by atoms with E-state index in [9.17, 15) is 0 Å². The molecule has 0 fully saturated rings. The molecule has 0 aromatic heterocycles. The van der Waals surface area contributed by atoms with Crippen molar-refractivity contribution in [3.05, 3.63) is 11.8 Å². The molecule has 0 aliphatic carbocycles. The molecule has 0 amide bonds. The van der Waals surface area contributed by atoms with Crippen molar-refractivity contribution < 1.29 is 4.74 Å². The van der Waals surface area contributed by atoms with Gasteiger partial charge in [0.15, 0.2) is 0 Å². The van der Waals surface area contributed by atoms with Gasteiger partial charge in [0.25, 0.3) is 0 Å². The van der Waals surface area contributed by atoms with E-state index >= 15 is 0 Å². The highest BCUT2D eigenvalue weighted by Gasteiger charge is 2.32. The first kappa shape index (κ1) is 12.6. The molecule has 1 heterocycles. The lowest BCUT2D eigenvalue weighted by Crippen LogP contribution is -2.43. The minimum absolute atomic E-state index is 0.269. The lowest BCUT2D eigenvalue weighted by Gasteiger charge is -2.34. The summed E-state index contributed by atoms with van der Waals surface area (Å²) in [6, 6.07) is 0.380. The summed E-state index contributed by atoms with van der Waals surface area (Å²) in [5.41, 5.74) is 0.269. The van der Waals surface area contributed by atoms with Gasteiger partial charge in [-0.15, -0.1) is 0 Å². The van der Waals surface area contributed by atoms with Crippen LogP contribution in [-0.4, -0.2) is 19.2 Å². The number of rotatable bonds is 6. The number of ether oxygens (including phenoxy) is 1. The molecule has 15 heavy (non-hydrogen) atoms. The van der Waals surface area contributed by atoms with E-state index in [4.69, 9.17) is 4.74 Å². The van der Waals surface area contributed by atoms with Crippen LogP contribution in [0.25, 0.3) is 0 Å². The maximum atomic E-state index is 5.70. The van der Waals surface area contributed by atoms with Crippen molar-refractivity contribution in [2.24, 2.45) is 5.41 Å². The summed E-state index contributed by atoms with van der Waals surface area (Å²) in [6.07, 6.45) is 5.64. The maximum Gasteiger partial charge on any atom is 0.110 e. The minimum Gasteiger partial charge on any atom is -0.496 e. The Morgan fingerprint density at radius 3 is 2.67 bits per heavy atom. The molecule has 1 aliphatic rings. The zero-order chi connectivity index (χ0) is 11.3. The molecule has 0 saturated carbocycles. The molecule has 0 saturated heterocycles. The first-order valence-electron chi connectivity index (χ1n) is 6.18. The van der Waals surface area contributed by atoms with Gasteiger partial charge in [-0.3, -0.25) is 0 Å². The molecule has 1 aliphatic heterocycles. The average molecular weight is 211 g/mol. The largest absolute Gasteiger partial charge is 0.496 e. The Kier molecular flexibility index (Phi) is 4.65. The van der Waals surface area contributed by atoms with Gasteiger partial charge in [0.05, 0.1) is 12.6 Å². The van der Waals surface area contributed by atoms with Crippen LogP contribution < -0.4 is 5.32 Å². The molecule has 1 unspecified atom stereocenters. The van der Waals surface area contributed by atoms with Gasteiger partial charge in [0.1, 0.15) is 5.76 Å². The molecule has 1 atom stereocenters. The second kappa shape index (κ2) is 5.55. The van der Waals surface area contributed by atoms with E-state index in [1.807, 2.05) is 0 Å². The highest BCUT2D eigenvalue weighted by molar-refractivity contribution is 5.11. The Morgan fingerprint density at radius 1 is 1.47 bits per heavy atom. The number of hydrogen-bond acceptors (Lipinski definition) is 2. The topological polar surface area (TPSA) is 21.3 Å². The maximum absolute atomic E-state index is 5.70. The molecule has 0 spiro atoms. The third-order valence-corrected chi connectivity index (χ3v) is 3.31. The summed E-state index contributed by atoms with van der Waals surface area (Å²) in [6.45, 7) is 11.0. The average Bonchev–Trinajstić information content (AvgIpc) is 2.71. The highest BCUT2D eigenvalue weighted by Crippen LogP contribution is 2.31. The Bertz CT molecular complexity index is 221. The van der Waals surface area contributed by atoms with Crippen molar-refractivity contribution in [1.82, 2.24) is 5.32 Å². The molecule has 0 aromatic rings. The summed E-state index contributed by atoms with van der Waals surface area (Å²) in [4.78, 5) is 0. The molecule has 1 rings (SSSR count). The summed E-state index contributed by atoms with van der Waals surface area (Å²) < 4.78 is 5.70. The van der Waals surface area contributed by atoms with Gasteiger partial charge in [-0.05, 0) is 30.9 Å². The van der Waals surface area contributed by atoms with E-state index in [2.05, 4.69) is 39.1 Å². The summed E-state index contributed by atoms with van der Waals surface area (Å²) in [7, 11) is 0. The Labute approximate surface area is 94.1 Å². The van der Waals surface area contributed by atoms with Crippen LogP contribution in [0.2, 0.25) is 0 Å². The van der Waals surface area contributed by atoms with Gasteiger partial charge in [-0.25, -0.2) is 0 Å². The van der Waals surface area contributed by atoms with Crippen molar-refractivity contribution >= 4 is 0 Å². The van der Waals surface area contributed by atoms with Crippen molar-refractivity contribution in [2.75, 3.05) is 13.2 Å². The van der Waals surface area contributed by atoms with Crippen LogP contribution in [-0.2, 0) is 4.74 Å². The Hall–Kier alpha value is -0.500. The highest BCUT2D eigenvalue weighted by atomic mass is 16.5.